The Morgan fingerprint density at radius 2 is 1.20 bits per heavy atom. The van der Waals surface area contributed by atoms with E-state index in [0.717, 1.165) is 33.3 Å². The fourth-order valence-electron chi connectivity index (χ4n) is 6.58. The van der Waals surface area contributed by atoms with Gasteiger partial charge < -0.3 is 9.73 Å². The number of nitrogens with one attached hydrogen (secondary N) is 1. The van der Waals surface area contributed by atoms with Crippen molar-refractivity contribution in [1.82, 2.24) is 0 Å². The van der Waals surface area contributed by atoms with E-state index in [1.807, 2.05) is 6.07 Å². The number of hydrogen-bond acceptors (Lipinski definition) is 2. The van der Waals surface area contributed by atoms with E-state index < -0.39 is 0 Å². The summed E-state index contributed by atoms with van der Waals surface area (Å²) >= 11 is 0. The van der Waals surface area contributed by atoms with Crippen LogP contribution in [0.15, 0.2) is 138 Å². The molecular weight excluding hydrogens is 498 g/mol. The molecule has 0 radical (unpaired) electrons. The molecule has 0 aliphatic heterocycles. The maximum atomic E-state index is 6.53. The monoisotopic (exact) mass is 527 g/mol. The van der Waals surface area contributed by atoms with Gasteiger partial charge >= 0.3 is 0 Å². The Kier molecular flexibility index (Phi) is 5.20. The highest BCUT2D eigenvalue weighted by Crippen LogP contribution is 2.49. The Bertz CT molecular complexity index is 2080. The predicted octanol–water partition coefficient (Wildman–Crippen LogP) is 11.0. The highest BCUT2D eigenvalue weighted by Gasteiger charge is 2.35. The normalized spacial score (nSPS) is 13.3. The summed E-state index contributed by atoms with van der Waals surface area (Å²) in [6.07, 6.45) is 0. The van der Waals surface area contributed by atoms with Crippen molar-refractivity contribution in [3.05, 3.63) is 145 Å². The largest absolute Gasteiger partial charge is 0.454 e. The molecule has 196 valence electrons. The average molecular weight is 528 g/mol. The number of fused-ring (bicyclic) bond motifs is 6. The molecule has 0 bridgehead atoms. The second-order valence-electron chi connectivity index (χ2n) is 11.5. The summed E-state index contributed by atoms with van der Waals surface area (Å²) in [5.74, 6) is 0. The number of furan rings is 1. The molecule has 1 aliphatic rings. The Morgan fingerprint density at radius 3 is 2.05 bits per heavy atom. The summed E-state index contributed by atoms with van der Waals surface area (Å²) in [7, 11) is 0. The highest BCUT2D eigenvalue weighted by atomic mass is 16.3. The average Bonchev–Trinajstić information content (AvgIpc) is 3.52. The fraction of sp³-hybridized carbons (Fsp3) is 0.0769. The third kappa shape index (κ3) is 3.72. The van der Waals surface area contributed by atoms with E-state index in [1.54, 1.807) is 0 Å². The van der Waals surface area contributed by atoms with Gasteiger partial charge in [-0.25, -0.2) is 0 Å². The summed E-state index contributed by atoms with van der Waals surface area (Å²) in [6, 6.07) is 47.5. The van der Waals surface area contributed by atoms with Crippen LogP contribution in [-0.4, -0.2) is 0 Å². The van der Waals surface area contributed by atoms with Gasteiger partial charge in [0.2, 0.25) is 0 Å². The zero-order valence-electron chi connectivity index (χ0n) is 23.1. The molecular formula is C39H29NO. The maximum Gasteiger partial charge on any atom is 0.159 e. The Morgan fingerprint density at radius 1 is 0.537 bits per heavy atom. The van der Waals surface area contributed by atoms with Crippen molar-refractivity contribution in [1.29, 1.82) is 0 Å². The number of hydrogen-bond donors (Lipinski definition) is 1. The molecule has 0 amide bonds. The van der Waals surface area contributed by atoms with Crippen LogP contribution in [0.5, 0.6) is 0 Å². The summed E-state index contributed by atoms with van der Waals surface area (Å²) in [5, 5.41) is 5.97. The van der Waals surface area contributed by atoms with Crippen LogP contribution >= 0.6 is 0 Å². The topological polar surface area (TPSA) is 25.2 Å². The maximum absolute atomic E-state index is 6.53. The molecule has 1 N–H and O–H groups in total. The molecule has 2 heteroatoms. The lowest BCUT2D eigenvalue weighted by atomic mass is 9.82. The molecule has 0 unspecified atom stereocenters. The minimum Gasteiger partial charge on any atom is -0.454 e. The van der Waals surface area contributed by atoms with Gasteiger partial charge in [-0.2, -0.15) is 0 Å². The quantitative estimate of drug-likeness (QED) is 0.246. The lowest BCUT2D eigenvalue weighted by molar-refractivity contribution is 0.660. The van der Waals surface area contributed by atoms with Gasteiger partial charge in [0.15, 0.2) is 5.58 Å². The summed E-state index contributed by atoms with van der Waals surface area (Å²) in [4.78, 5) is 0. The van der Waals surface area contributed by atoms with Crippen LogP contribution in [0.3, 0.4) is 0 Å². The first kappa shape index (κ1) is 23.8. The number of rotatable bonds is 4. The van der Waals surface area contributed by atoms with Gasteiger partial charge in [0.05, 0.1) is 5.69 Å². The van der Waals surface area contributed by atoms with Crippen LogP contribution in [0, 0.1) is 0 Å². The second-order valence-corrected chi connectivity index (χ2v) is 11.5. The third-order valence-electron chi connectivity index (χ3n) is 8.69. The molecule has 0 spiro atoms. The van der Waals surface area contributed by atoms with E-state index in [4.69, 9.17) is 4.42 Å². The molecule has 1 aromatic heterocycles. The summed E-state index contributed by atoms with van der Waals surface area (Å²) in [5.41, 5.74) is 13.9. The van der Waals surface area contributed by atoms with Crippen LogP contribution < -0.4 is 5.32 Å². The van der Waals surface area contributed by atoms with Crippen LogP contribution in [0.25, 0.3) is 55.3 Å². The van der Waals surface area contributed by atoms with Gasteiger partial charge in [0.25, 0.3) is 0 Å². The summed E-state index contributed by atoms with van der Waals surface area (Å²) in [6.45, 7) is 4.63. The molecule has 7 aromatic rings. The lowest BCUT2D eigenvalue weighted by Gasteiger charge is -2.22. The Balaban J connectivity index is 1.23. The highest BCUT2D eigenvalue weighted by molar-refractivity contribution is 6.16. The smallest absolute Gasteiger partial charge is 0.159 e. The molecule has 1 aliphatic carbocycles. The predicted molar refractivity (Wildman–Crippen MR) is 172 cm³/mol. The van der Waals surface area contributed by atoms with Crippen LogP contribution in [0.2, 0.25) is 0 Å². The molecule has 0 fully saturated rings. The number of benzene rings is 6. The van der Waals surface area contributed by atoms with Crippen molar-refractivity contribution in [2.45, 2.75) is 19.3 Å². The van der Waals surface area contributed by atoms with E-state index in [9.17, 15) is 0 Å². The number of anilines is 2. The van der Waals surface area contributed by atoms with Gasteiger partial charge in [0.1, 0.15) is 5.58 Å². The molecule has 1 heterocycles. The van der Waals surface area contributed by atoms with Crippen molar-refractivity contribution in [3.63, 3.8) is 0 Å². The molecule has 0 saturated carbocycles. The summed E-state index contributed by atoms with van der Waals surface area (Å²) < 4.78 is 6.53. The minimum absolute atomic E-state index is 0.0475. The van der Waals surface area contributed by atoms with Crippen molar-refractivity contribution in [2.75, 3.05) is 5.32 Å². The van der Waals surface area contributed by atoms with E-state index in [-0.39, 0.29) is 5.41 Å². The molecule has 2 nitrogen and oxygen atoms in total. The van der Waals surface area contributed by atoms with Gasteiger partial charge in [-0.05, 0) is 68.8 Å². The fourth-order valence-corrected chi connectivity index (χ4v) is 6.58. The van der Waals surface area contributed by atoms with Crippen molar-refractivity contribution >= 4 is 33.3 Å². The first-order valence-electron chi connectivity index (χ1n) is 14.2. The zero-order chi connectivity index (χ0) is 27.6. The van der Waals surface area contributed by atoms with Crippen molar-refractivity contribution in [2.24, 2.45) is 0 Å². The van der Waals surface area contributed by atoms with Gasteiger partial charge in [-0.3, -0.25) is 0 Å². The van der Waals surface area contributed by atoms with Crippen LogP contribution in [0.1, 0.15) is 25.0 Å². The second kappa shape index (κ2) is 8.97. The molecule has 41 heavy (non-hydrogen) atoms. The first-order chi connectivity index (χ1) is 20.1. The van der Waals surface area contributed by atoms with Gasteiger partial charge in [-0.15, -0.1) is 0 Å². The minimum atomic E-state index is -0.0475. The molecule has 6 aromatic carbocycles. The van der Waals surface area contributed by atoms with Crippen LogP contribution in [-0.2, 0) is 5.41 Å². The standard InChI is InChI=1S/C39H29NO/c1-39(2)33-14-8-6-12-30(33)31-21-20-28(24-34(31)39)40-35-23-22-29(37-32-13-7-9-15-36(32)41-38(35)37)27-18-16-26(17-19-27)25-10-4-3-5-11-25/h3-24,40H,1-2H3. The SMILES string of the molecule is CC1(C)c2ccccc2-c2ccc(Nc3ccc(-c4ccc(-c5ccccc5)cc4)c4c3oc3ccccc34)cc21. The number of para-hydroxylation sites is 1. The van der Waals surface area contributed by atoms with Gasteiger partial charge in [0, 0.05) is 21.9 Å². The zero-order valence-corrected chi connectivity index (χ0v) is 23.1. The lowest BCUT2D eigenvalue weighted by Crippen LogP contribution is -2.15. The van der Waals surface area contributed by atoms with Crippen molar-refractivity contribution < 1.29 is 4.42 Å². The van der Waals surface area contributed by atoms with Gasteiger partial charge in [-0.1, -0.05) is 123 Å². The first-order valence-corrected chi connectivity index (χ1v) is 14.2. The molecule has 0 saturated heterocycles. The van der Waals surface area contributed by atoms with Crippen LogP contribution in [0.4, 0.5) is 11.4 Å². The van der Waals surface area contributed by atoms with E-state index in [0.29, 0.717) is 0 Å². The van der Waals surface area contributed by atoms with E-state index in [2.05, 4.69) is 147 Å². The Labute approximate surface area is 239 Å². The van der Waals surface area contributed by atoms with E-state index >= 15 is 0 Å². The van der Waals surface area contributed by atoms with Crippen molar-refractivity contribution in [3.8, 4) is 33.4 Å². The molecule has 0 atom stereocenters. The third-order valence-corrected chi connectivity index (χ3v) is 8.69. The molecule has 8 rings (SSSR count). The van der Waals surface area contributed by atoms with E-state index in [1.165, 1.54) is 44.5 Å². The Hall–Kier alpha value is -5.08.